The van der Waals surface area contributed by atoms with Crippen LogP contribution < -0.4 is 5.32 Å². The average molecular weight is 239 g/mol. The molecule has 0 radical (unpaired) electrons. The van der Waals surface area contributed by atoms with Gasteiger partial charge < -0.3 is 15.2 Å². The molecule has 17 heavy (non-hydrogen) atoms. The average Bonchev–Trinajstić information content (AvgIpc) is 3.04. The van der Waals surface area contributed by atoms with Gasteiger partial charge >= 0.3 is 5.97 Å². The zero-order valence-electron chi connectivity index (χ0n) is 10.3. The van der Waals surface area contributed by atoms with E-state index in [0.29, 0.717) is 30.7 Å². The predicted molar refractivity (Wildman–Crippen MR) is 64.9 cm³/mol. The molecule has 0 aromatic rings. The predicted octanol–water partition coefficient (Wildman–Crippen LogP) is 1.56. The van der Waals surface area contributed by atoms with Crippen LogP contribution in [0.2, 0.25) is 0 Å². The Morgan fingerprint density at radius 1 is 1.47 bits per heavy atom. The maximum atomic E-state index is 10.8. The first-order valence-electron chi connectivity index (χ1n) is 6.49. The number of ether oxygens (including phenoxy) is 1. The number of aliphatic carboxylic acids is 1. The van der Waals surface area contributed by atoms with Crippen molar-refractivity contribution in [2.45, 2.75) is 44.8 Å². The van der Waals surface area contributed by atoms with Crippen LogP contribution in [0.4, 0.5) is 0 Å². The summed E-state index contributed by atoms with van der Waals surface area (Å²) in [6, 6.07) is 0.408. The van der Waals surface area contributed by atoms with E-state index >= 15 is 0 Å². The van der Waals surface area contributed by atoms with E-state index in [1.165, 1.54) is 12.8 Å². The quantitative estimate of drug-likeness (QED) is 0.691. The van der Waals surface area contributed by atoms with Crippen molar-refractivity contribution in [3.05, 3.63) is 11.6 Å². The minimum Gasteiger partial charge on any atom is -0.478 e. The van der Waals surface area contributed by atoms with Gasteiger partial charge in [0.2, 0.25) is 0 Å². The molecule has 2 unspecified atom stereocenters. The maximum Gasteiger partial charge on any atom is 0.331 e. The van der Waals surface area contributed by atoms with Crippen LogP contribution in [0.3, 0.4) is 0 Å². The van der Waals surface area contributed by atoms with Gasteiger partial charge in [-0.3, -0.25) is 0 Å². The summed E-state index contributed by atoms with van der Waals surface area (Å²) in [7, 11) is 0. The van der Waals surface area contributed by atoms with Gasteiger partial charge in [0.1, 0.15) is 0 Å². The van der Waals surface area contributed by atoms with Crippen molar-refractivity contribution < 1.29 is 14.6 Å². The van der Waals surface area contributed by atoms with E-state index in [1.807, 2.05) is 6.92 Å². The molecule has 0 spiro atoms. The molecule has 1 aliphatic carbocycles. The number of carboxylic acids is 1. The molecule has 1 saturated carbocycles. The van der Waals surface area contributed by atoms with E-state index in [9.17, 15) is 4.79 Å². The molecule has 2 N–H and O–H groups in total. The molecule has 96 valence electrons. The third-order valence-corrected chi connectivity index (χ3v) is 3.61. The summed E-state index contributed by atoms with van der Waals surface area (Å²) < 4.78 is 5.72. The maximum absolute atomic E-state index is 10.8. The van der Waals surface area contributed by atoms with Crippen LogP contribution >= 0.6 is 0 Å². The van der Waals surface area contributed by atoms with E-state index < -0.39 is 5.97 Å². The largest absolute Gasteiger partial charge is 0.478 e. The molecule has 2 atom stereocenters. The molecule has 1 saturated heterocycles. The van der Waals surface area contributed by atoms with Gasteiger partial charge in [0.05, 0.1) is 6.10 Å². The summed E-state index contributed by atoms with van der Waals surface area (Å²) in [5.74, 6) is -0.0696. The minimum absolute atomic E-state index is 0.360. The van der Waals surface area contributed by atoms with Crippen LogP contribution in [0.25, 0.3) is 0 Å². The summed E-state index contributed by atoms with van der Waals surface area (Å²) in [5, 5.41) is 12.3. The molecule has 0 aromatic heterocycles. The second kappa shape index (κ2) is 5.65. The third-order valence-electron chi connectivity index (χ3n) is 3.61. The van der Waals surface area contributed by atoms with Crippen molar-refractivity contribution in [1.29, 1.82) is 0 Å². The zero-order chi connectivity index (χ0) is 12.3. The van der Waals surface area contributed by atoms with E-state index in [2.05, 4.69) is 5.32 Å². The highest BCUT2D eigenvalue weighted by Gasteiger charge is 2.40. The summed E-state index contributed by atoms with van der Waals surface area (Å²) in [5.41, 5.74) is 0.486. The van der Waals surface area contributed by atoms with Crippen molar-refractivity contribution in [3.63, 3.8) is 0 Å². The first-order valence-corrected chi connectivity index (χ1v) is 6.49. The molecule has 4 heteroatoms. The number of carboxylic acid groups (broad SMARTS) is 1. The fourth-order valence-corrected chi connectivity index (χ4v) is 2.44. The summed E-state index contributed by atoms with van der Waals surface area (Å²) in [6.07, 6.45) is 6.33. The molecule has 1 aliphatic heterocycles. The molecule has 1 heterocycles. The highest BCUT2D eigenvalue weighted by molar-refractivity contribution is 5.86. The van der Waals surface area contributed by atoms with Crippen molar-refractivity contribution in [2.75, 3.05) is 13.2 Å². The molecular weight excluding hydrogens is 218 g/mol. The molecular formula is C13H21NO3. The van der Waals surface area contributed by atoms with Crippen molar-refractivity contribution in [2.24, 2.45) is 5.92 Å². The first-order chi connectivity index (χ1) is 8.22. The molecule has 4 nitrogen and oxygen atoms in total. The topological polar surface area (TPSA) is 58.6 Å². The Labute approximate surface area is 102 Å². The fourth-order valence-electron chi connectivity index (χ4n) is 2.44. The Bertz CT molecular complexity index is 310. The lowest BCUT2D eigenvalue weighted by Gasteiger charge is -2.18. The number of carbonyl (C=O) groups is 1. The molecule has 2 rings (SSSR count). The summed E-state index contributed by atoms with van der Waals surface area (Å²) in [6.45, 7) is 3.33. The normalized spacial score (nSPS) is 29.6. The van der Waals surface area contributed by atoms with Gasteiger partial charge in [0.15, 0.2) is 0 Å². The Hall–Kier alpha value is -0.870. The van der Waals surface area contributed by atoms with Crippen molar-refractivity contribution >= 4 is 5.97 Å². The minimum atomic E-state index is -0.810. The smallest absolute Gasteiger partial charge is 0.331 e. The van der Waals surface area contributed by atoms with Crippen LogP contribution in [0, 0.1) is 5.92 Å². The van der Waals surface area contributed by atoms with E-state index in [-0.39, 0.29) is 0 Å². The van der Waals surface area contributed by atoms with Crippen molar-refractivity contribution in [1.82, 2.24) is 5.32 Å². The van der Waals surface area contributed by atoms with Crippen LogP contribution in [0.15, 0.2) is 11.6 Å². The third kappa shape index (κ3) is 3.30. The number of rotatable bonds is 6. The Morgan fingerprint density at radius 3 is 2.82 bits per heavy atom. The summed E-state index contributed by atoms with van der Waals surface area (Å²) in [4.78, 5) is 10.8. The van der Waals surface area contributed by atoms with Gasteiger partial charge in [-0.1, -0.05) is 13.0 Å². The Morgan fingerprint density at radius 2 is 2.24 bits per heavy atom. The van der Waals surface area contributed by atoms with Gasteiger partial charge in [-0.05, 0) is 31.6 Å². The lowest BCUT2D eigenvalue weighted by atomic mass is 10.1. The van der Waals surface area contributed by atoms with Gasteiger partial charge in [-0.15, -0.1) is 0 Å². The number of nitrogens with one attached hydrogen (secondary N) is 1. The molecule has 0 bridgehead atoms. The van der Waals surface area contributed by atoms with Crippen molar-refractivity contribution in [3.8, 4) is 0 Å². The fraction of sp³-hybridized carbons (Fsp3) is 0.769. The van der Waals surface area contributed by atoms with Gasteiger partial charge in [0, 0.05) is 24.8 Å². The van der Waals surface area contributed by atoms with Gasteiger partial charge in [-0.25, -0.2) is 4.79 Å². The molecule has 2 fully saturated rings. The molecule has 0 aromatic carbocycles. The lowest BCUT2D eigenvalue weighted by Crippen LogP contribution is -2.37. The van der Waals surface area contributed by atoms with Gasteiger partial charge in [0.25, 0.3) is 0 Å². The zero-order valence-corrected chi connectivity index (χ0v) is 10.3. The second-order valence-electron chi connectivity index (χ2n) is 4.86. The molecule has 2 aliphatic rings. The SMILES string of the molecule is CCC(=CCNC1CCOC1C1CC1)C(=O)O. The van der Waals surface area contributed by atoms with Gasteiger partial charge in [-0.2, -0.15) is 0 Å². The first kappa shape index (κ1) is 12.6. The van der Waals surface area contributed by atoms with Crippen LogP contribution in [-0.2, 0) is 9.53 Å². The highest BCUT2D eigenvalue weighted by atomic mass is 16.5. The Balaban J connectivity index is 1.79. The monoisotopic (exact) mass is 239 g/mol. The van der Waals surface area contributed by atoms with Crippen LogP contribution in [-0.4, -0.2) is 36.4 Å². The standard InChI is InChI=1S/C13H21NO3/c1-2-9(13(15)16)5-7-14-11-6-8-17-12(11)10-3-4-10/h5,10-12,14H,2-4,6-8H2,1H3,(H,15,16). The summed E-state index contributed by atoms with van der Waals surface area (Å²) >= 11 is 0. The second-order valence-corrected chi connectivity index (χ2v) is 4.86. The Kier molecular flexibility index (Phi) is 4.18. The van der Waals surface area contributed by atoms with Crippen LogP contribution in [0.1, 0.15) is 32.6 Å². The number of hydrogen-bond acceptors (Lipinski definition) is 3. The lowest BCUT2D eigenvalue weighted by molar-refractivity contribution is -0.132. The highest BCUT2D eigenvalue weighted by Crippen LogP contribution is 2.38. The molecule has 0 amide bonds. The van der Waals surface area contributed by atoms with E-state index in [1.54, 1.807) is 6.08 Å². The van der Waals surface area contributed by atoms with E-state index in [4.69, 9.17) is 9.84 Å². The number of hydrogen-bond donors (Lipinski definition) is 2. The van der Waals surface area contributed by atoms with Crippen LogP contribution in [0.5, 0.6) is 0 Å². The van der Waals surface area contributed by atoms with E-state index in [0.717, 1.165) is 18.9 Å².